The molecule has 1 aromatic heterocycles. The highest BCUT2D eigenvalue weighted by Crippen LogP contribution is 2.11. The van der Waals surface area contributed by atoms with Crippen molar-refractivity contribution in [1.29, 1.82) is 0 Å². The Hall–Kier alpha value is 0.170. The monoisotopic (exact) mass is 310 g/mol. The van der Waals surface area contributed by atoms with E-state index < -0.39 is 0 Å². The number of halogens is 3. The first kappa shape index (κ1) is 13.2. The Labute approximate surface area is 108 Å². The minimum absolute atomic E-state index is 0.238. The molecule has 1 aromatic rings. The molecule has 0 aromatic carbocycles. The molecular weight excluding hydrogens is 299 g/mol. The first-order chi connectivity index (χ1) is 7.09. The van der Waals surface area contributed by atoms with Gasteiger partial charge in [0.05, 0.1) is 5.69 Å². The van der Waals surface area contributed by atoms with E-state index >= 15 is 0 Å². The Bertz CT molecular complexity index is 299. The van der Waals surface area contributed by atoms with Crippen molar-refractivity contribution in [3.8, 4) is 0 Å². The van der Waals surface area contributed by atoms with Crippen LogP contribution in [0.4, 0.5) is 0 Å². The Morgan fingerprint density at radius 2 is 2.07 bits per heavy atom. The average molecular weight is 312 g/mol. The van der Waals surface area contributed by atoms with Crippen molar-refractivity contribution in [3.05, 3.63) is 28.5 Å². The SMILES string of the molecule is CC(CCl)(CCl)NCc1ccc(Br)cn1. The Balaban J connectivity index is 2.53. The van der Waals surface area contributed by atoms with Crippen LogP contribution < -0.4 is 5.32 Å². The van der Waals surface area contributed by atoms with Crippen molar-refractivity contribution < 1.29 is 0 Å². The number of rotatable bonds is 5. The summed E-state index contributed by atoms with van der Waals surface area (Å²) in [7, 11) is 0. The van der Waals surface area contributed by atoms with E-state index in [9.17, 15) is 0 Å². The lowest BCUT2D eigenvalue weighted by atomic mass is 10.1. The fourth-order valence-electron chi connectivity index (χ4n) is 0.945. The van der Waals surface area contributed by atoms with Gasteiger partial charge in [-0.2, -0.15) is 0 Å². The second kappa shape index (κ2) is 6.04. The van der Waals surface area contributed by atoms with Gasteiger partial charge in [0.2, 0.25) is 0 Å². The summed E-state index contributed by atoms with van der Waals surface area (Å²) in [6, 6.07) is 3.92. The largest absolute Gasteiger partial charge is 0.304 e. The van der Waals surface area contributed by atoms with E-state index in [0.29, 0.717) is 18.3 Å². The lowest BCUT2D eigenvalue weighted by Gasteiger charge is -2.25. The molecule has 0 unspecified atom stereocenters. The van der Waals surface area contributed by atoms with E-state index in [2.05, 4.69) is 26.2 Å². The van der Waals surface area contributed by atoms with E-state index in [4.69, 9.17) is 23.2 Å². The summed E-state index contributed by atoms with van der Waals surface area (Å²) in [4.78, 5) is 4.25. The minimum atomic E-state index is -0.238. The third-order valence-electron chi connectivity index (χ3n) is 2.07. The summed E-state index contributed by atoms with van der Waals surface area (Å²) >= 11 is 15.0. The molecule has 0 saturated carbocycles. The van der Waals surface area contributed by atoms with Gasteiger partial charge in [-0.05, 0) is 35.0 Å². The van der Waals surface area contributed by atoms with Gasteiger partial charge in [-0.15, -0.1) is 23.2 Å². The van der Waals surface area contributed by atoms with Crippen LogP contribution in [0.25, 0.3) is 0 Å². The van der Waals surface area contributed by atoms with Crippen LogP contribution in [0.3, 0.4) is 0 Å². The molecule has 0 atom stereocenters. The molecule has 1 heterocycles. The first-order valence-corrected chi connectivity index (χ1v) is 6.43. The van der Waals surface area contributed by atoms with Crippen molar-refractivity contribution in [1.82, 2.24) is 10.3 Å². The molecule has 0 aliphatic carbocycles. The maximum absolute atomic E-state index is 5.83. The summed E-state index contributed by atoms with van der Waals surface area (Å²) in [5, 5.41) is 3.29. The number of aromatic nitrogens is 1. The van der Waals surface area contributed by atoms with Crippen molar-refractivity contribution in [2.24, 2.45) is 0 Å². The molecule has 0 aliphatic heterocycles. The second-order valence-electron chi connectivity index (χ2n) is 3.65. The van der Waals surface area contributed by atoms with E-state index in [1.165, 1.54) is 0 Å². The average Bonchev–Trinajstić information content (AvgIpc) is 2.28. The maximum atomic E-state index is 5.83. The Kier molecular flexibility index (Phi) is 5.33. The van der Waals surface area contributed by atoms with E-state index in [1.54, 1.807) is 6.20 Å². The number of hydrogen-bond donors (Lipinski definition) is 1. The molecule has 5 heteroatoms. The standard InChI is InChI=1S/C10H13BrCl2N2/c1-10(6-12,7-13)15-5-9-3-2-8(11)4-14-9/h2-4,15H,5-7H2,1H3. The third-order valence-corrected chi connectivity index (χ3v) is 3.72. The molecule has 1 N–H and O–H groups in total. The minimum Gasteiger partial charge on any atom is -0.304 e. The highest BCUT2D eigenvalue weighted by atomic mass is 79.9. The van der Waals surface area contributed by atoms with Crippen LogP contribution >= 0.6 is 39.1 Å². The van der Waals surface area contributed by atoms with Gasteiger partial charge in [0.25, 0.3) is 0 Å². The molecule has 0 saturated heterocycles. The van der Waals surface area contributed by atoms with Gasteiger partial charge in [-0.1, -0.05) is 0 Å². The van der Waals surface area contributed by atoms with E-state index in [-0.39, 0.29) is 5.54 Å². The number of nitrogens with zero attached hydrogens (tertiary/aromatic N) is 1. The van der Waals surface area contributed by atoms with Crippen molar-refractivity contribution in [2.75, 3.05) is 11.8 Å². The van der Waals surface area contributed by atoms with Crippen molar-refractivity contribution in [2.45, 2.75) is 19.0 Å². The number of alkyl halides is 2. The molecule has 1 rings (SSSR count). The van der Waals surface area contributed by atoms with Gasteiger partial charge in [0.15, 0.2) is 0 Å². The molecule has 15 heavy (non-hydrogen) atoms. The summed E-state index contributed by atoms with van der Waals surface area (Å²) in [6.07, 6.45) is 1.77. The molecule has 0 radical (unpaired) electrons. The third kappa shape index (κ3) is 4.27. The van der Waals surface area contributed by atoms with Gasteiger partial charge in [-0.25, -0.2) is 0 Å². The van der Waals surface area contributed by atoms with Crippen LogP contribution in [-0.2, 0) is 6.54 Å². The second-order valence-corrected chi connectivity index (χ2v) is 5.10. The van der Waals surface area contributed by atoms with Crippen LogP contribution in [0, 0.1) is 0 Å². The zero-order valence-corrected chi connectivity index (χ0v) is 11.5. The van der Waals surface area contributed by atoms with E-state index in [0.717, 1.165) is 10.2 Å². The lowest BCUT2D eigenvalue weighted by Crippen LogP contribution is -2.45. The normalized spacial score (nSPS) is 11.7. The topological polar surface area (TPSA) is 24.9 Å². The molecule has 0 spiro atoms. The number of nitrogens with one attached hydrogen (secondary N) is 1. The van der Waals surface area contributed by atoms with Crippen LogP contribution in [0.2, 0.25) is 0 Å². The van der Waals surface area contributed by atoms with Gasteiger partial charge < -0.3 is 5.32 Å². The van der Waals surface area contributed by atoms with Crippen LogP contribution in [-0.4, -0.2) is 22.3 Å². The molecular formula is C10H13BrCl2N2. The molecule has 0 fully saturated rings. The maximum Gasteiger partial charge on any atom is 0.0542 e. The zero-order valence-electron chi connectivity index (χ0n) is 8.43. The highest BCUT2D eigenvalue weighted by Gasteiger charge is 2.20. The quantitative estimate of drug-likeness (QED) is 0.845. The Morgan fingerprint density at radius 3 is 2.53 bits per heavy atom. The van der Waals surface area contributed by atoms with Crippen molar-refractivity contribution >= 4 is 39.1 Å². The predicted octanol–water partition coefficient (Wildman–Crippen LogP) is 3.17. The van der Waals surface area contributed by atoms with Gasteiger partial charge >= 0.3 is 0 Å². The molecule has 0 aliphatic rings. The summed E-state index contributed by atoms with van der Waals surface area (Å²) < 4.78 is 0.976. The lowest BCUT2D eigenvalue weighted by molar-refractivity contribution is 0.431. The molecule has 2 nitrogen and oxygen atoms in total. The first-order valence-electron chi connectivity index (χ1n) is 4.57. The number of hydrogen-bond acceptors (Lipinski definition) is 2. The summed E-state index contributed by atoms with van der Waals surface area (Å²) in [5.74, 6) is 0.958. The van der Waals surface area contributed by atoms with Crippen LogP contribution in [0.1, 0.15) is 12.6 Å². The van der Waals surface area contributed by atoms with Crippen molar-refractivity contribution in [3.63, 3.8) is 0 Å². The molecule has 0 amide bonds. The predicted molar refractivity (Wildman–Crippen MR) is 68.6 cm³/mol. The van der Waals surface area contributed by atoms with Gasteiger partial charge in [0, 0.05) is 34.5 Å². The van der Waals surface area contributed by atoms with Gasteiger partial charge in [0.1, 0.15) is 0 Å². The number of pyridine rings is 1. The smallest absolute Gasteiger partial charge is 0.0542 e. The summed E-state index contributed by atoms with van der Waals surface area (Å²) in [6.45, 7) is 2.66. The molecule has 84 valence electrons. The molecule has 0 bridgehead atoms. The fraction of sp³-hybridized carbons (Fsp3) is 0.500. The van der Waals surface area contributed by atoms with Crippen LogP contribution in [0.5, 0.6) is 0 Å². The van der Waals surface area contributed by atoms with Gasteiger partial charge in [-0.3, -0.25) is 4.98 Å². The zero-order chi connectivity index (χ0) is 11.3. The fourth-order valence-corrected chi connectivity index (χ4v) is 1.65. The highest BCUT2D eigenvalue weighted by molar-refractivity contribution is 9.10. The van der Waals surface area contributed by atoms with Crippen LogP contribution in [0.15, 0.2) is 22.8 Å². The van der Waals surface area contributed by atoms with E-state index in [1.807, 2.05) is 19.1 Å². The Morgan fingerprint density at radius 1 is 1.40 bits per heavy atom. The summed E-state index contributed by atoms with van der Waals surface area (Å²) in [5.41, 5.74) is 0.734.